The first-order valence-electron chi connectivity index (χ1n) is 5.69. The maximum absolute atomic E-state index is 8.75. The summed E-state index contributed by atoms with van der Waals surface area (Å²) in [6, 6.07) is 10.8. The van der Waals surface area contributed by atoms with Crippen LogP contribution in [0.3, 0.4) is 0 Å². The highest BCUT2D eigenvalue weighted by Gasteiger charge is 2.03. The Kier molecular flexibility index (Phi) is 4.35. The fourth-order valence-electron chi connectivity index (χ4n) is 1.51. The molecular formula is C14H12ClN3O. The number of nitrogens with two attached hydrogens (primary N) is 1. The maximum atomic E-state index is 8.75. The van der Waals surface area contributed by atoms with Gasteiger partial charge in [-0.25, -0.2) is 0 Å². The normalized spacial score (nSPS) is 9.95. The number of hydrogen-bond acceptors (Lipinski definition) is 4. The molecule has 0 aliphatic heterocycles. The molecule has 2 rings (SSSR count). The third-order valence-electron chi connectivity index (χ3n) is 2.58. The van der Waals surface area contributed by atoms with E-state index in [4.69, 9.17) is 27.3 Å². The van der Waals surface area contributed by atoms with E-state index in [0.717, 1.165) is 11.3 Å². The topological polar surface area (TPSA) is 71.9 Å². The molecule has 0 aliphatic carbocycles. The molecule has 0 saturated heterocycles. The van der Waals surface area contributed by atoms with Gasteiger partial charge in [-0.05, 0) is 24.3 Å². The standard InChI is InChI=1S/C14H12ClN3O/c15-14-5-10(6-16)1-2-11(14)9-19-13-4-3-12(7-17)18-8-13/h1-5,8H,7,9,17H2. The second kappa shape index (κ2) is 6.19. The fraction of sp³-hybridized carbons (Fsp3) is 0.143. The van der Waals surface area contributed by atoms with Crippen molar-refractivity contribution in [3.63, 3.8) is 0 Å². The van der Waals surface area contributed by atoms with Crippen LogP contribution in [0.5, 0.6) is 5.75 Å². The molecule has 0 saturated carbocycles. The highest BCUT2D eigenvalue weighted by atomic mass is 35.5. The van der Waals surface area contributed by atoms with Crippen LogP contribution in [0.25, 0.3) is 0 Å². The Balaban J connectivity index is 2.04. The van der Waals surface area contributed by atoms with Crippen molar-refractivity contribution in [1.29, 1.82) is 5.26 Å². The van der Waals surface area contributed by atoms with Gasteiger partial charge in [-0.15, -0.1) is 0 Å². The Hall–Kier alpha value is -2.09. The van der Waals surface area contributed by atoms with Gasteiger partial charge in [-0.1, -0.05) is 17.7 Å². The SMILES string of the molecule is N#Cc1ccc(COc2ccc(CN)nc2)c(Cl)c1. The molecule has 0 unspecified atom stereocenters. The third kappa shape index (κ3) is 3.44. The Bertz CT molecular complexity index is 605. The number of halogens is 1. The van der Waals surface area contributed by atoms with E-state index in [1.165, 1.54) is 0 Å². The number of aromatic nitrogens is 1. The van der Waals surface area contributed by atoms with Gasteiger partial charge in [-0.3, -0.25) is 4.98 Å². The van der Waals surface area contributed by atoms with Gasteiger partial charge < -0.3 is 10.5 Å². The smallest absolute Gasteiger partial charge is 0.138 e. The van der Waals surface area contributed by atoms with Crippen LogP contribution in [-0.2, 0) is 13.2 Å². The van der Waals surface area contributed by atoms with Crippen LogP contribution >= 0.6 is 11.6 Å². The molecule has 96 valence electrons. The monoisotopic (exact) mass is 273 g/mol. The van der Waals surface area contributed by atoms with Gasteiger partial charge in [0.05, 0.1) is 23.5 Å². The summed E-state index contributed by atoms with van der Waals surface area (Å²) in [5.74, 6) is 0.651. The van der Waals surface area contributed by atoms with Crippen LogP contribution in [0.2, 0.25) is 5.02 Å². The van der Waals surface area contributed by atoms with E-state index in [0.29, 0.717) is 29.5 Å². The zero-order valence-corrected chi connectivity index (χ0v) is 10.9. The minimum absolute atomic E-state index is 0.328. The van der Waals surface area contributed by atoms with Crippen molar-refractivity contribution >= 4 is 11.6 Å². The second-order valence-electron chi connectivity index (χ2n) is 3.90. The average Bonchev–Trinajstić information content (AvgIpc) is 2.46. The van der Waals surface area contributed by atoms with Gasteiger partial charge in [0.15, 0.2) is 0 Å². The minimum atomic E-state index is 0.328. The van der Waals surface area contributed by atoms with Crippen LogP contribution in [0.15, 0.2) is 36.5 Å². The van der Waals surface area contributed by atoms with Gasteiger partial charge in [0.1, 0.15) is 12.4 Å². The highest BCUT2D eigenvalue weighted by molar-refractivity contribution is 6.31. The molecule has 0 atom stereocenters. The summed E-state index contributed by atoms with van der Waals surface area (Å²) in [6.45, 7) is 0.732. The first-order valence-corrected chi connectivity index (χ1v) is 6.07. The molecule has 1 heterocycles. The lowest BCUT2D eigenvalue weighted by atomic mass is 10.1. The molecule has 0 bridgehead atoms. The largest absolute Gasteiger partial charge is 0.487 e. The molecule has 1 aromatic carbocycles. The van der Waals surface area contributed by atoms with E-state index in [-0.39, 0.29) is 0 Å². The number of ether oxygens (including phenoxy) is 1. The quantitative estimate of drug-likeness (QED) is 0.929. The molecule has 0 aliphatic rings. The Morgan fingerprint density at radius 3 is 2.74 bits per heavy atom. The molecule has 4 nitrogen and oxygen atoms in total. The Labute approximate surface area is 116 Å². The molecule has 5 heteroatoms. The molecule has 2 aromatic rings. The predicted molar refractivity (Wildman–Crippen MR) is 72.6 cm³/mol. The summed E-state index contributed by atoms with van der Waals surface area (Å²) in [7, 11) is 0. The number of benzene rings is 1. The summed E-state index contributed by atoms with van der Waals surface area (Å²) < 4.78 is 5.58. The fourth-order valence-corrected chi connectivity index (χ4v) is 1.75. The van der Waals surface area contributed by atoms with E-state index in [1.54, 1.807) is 24.4 Å². The van der Waals surface area contributed by atoms with Gasteiger partial charge >= 0.3 is 0 Å². The number of nitrogens with zero attached hydrogens (tertiary/aromatic N) is 2. The summed E-state index contributed by atoms with van der Waals surface area (Å²) in [4.78, 5) is 4.13. The summed E-state index contributed by atoms with van der Waals surface area (Å²) in [6.07, 6.45) is 1.62. The van der Waals surface area contributed by atoms with E-state index >= 15 is 0 Å². The lowest BCUT2D eigenvalue weighted by Crippen LogP contribution is -2.00. The van der Waals surface area contributed by atoms with Crippen molar-refractivity contribution in [2.45, 2.75) is 13.2 Å². The summed E-state index contributed by atoms with van der Waals surface area (Å²) >= 11 is 6.06. The molecule has 0 amide bonds. The van der Waals surface area contributed by atoms with Crippen LogP contribution in [0.1, 0.15) is 16.8 Å². The van der Waals surface area contributed by atoms with E-state index in [1.807, 2.05) is 18.2 Å². The van der Waals surface area contributed by atoms with Crippen LogP contribution in [0.4, 0.5) is 0 Å². The van der Waals surface area contributed by atoms with Crippen LogP contribution < -0.4 is 10.5 Å². The number of pyridine rings is 1. The molecule has 2 N–H and O–H groups in total. The summed E-state index contributed by atoms with van der Waals surface area (Å²) in [5.41, 5.74) is 7.63. The van der Waals surface area contributed by atoms with Crippen molar-refractivity contribution in [1.82, 2.24) is 4.98 Å². The first-order chi connectivity index (χ1) is 9.22. The third-order valence-corrected chi connectivity index (χ3v) is 2.94. The van der Waals surface area contributed by atoms with E-state index < -0.39 is 0 Å². The maximum Gasteiger partial charge on any atom is 0.138 e. The molecule has 19 heavy (non-hydrogen) atoms. The minimum Gasteiger partial charge on any atom is -0.487 e. The summed E-state index contributed by atoms with van der Waals surface area (Å²) in [5, 5.41) is 9.27. The molecule has 1 aromatic heterocycles. The van der Waals surface area contributed by atoms with Crippen molar-refractivity contribution in [2.75, 3.05) is 0 Å². The van der Waals surface area contributed by atoms with Gasteiger partial charge in [0.25, 0.3) is 0 Å². The van der Waals surface area contributed by atoms with Crippen molar-refractivity contribution in [3.05, 3.63) is 58.4 Å². The number of hydrogen-bond donors (Lipinski definition) is 1. The van der Waals surface area contributed by atoms with Crippen molar-refractivity contribution in [3.8, 4) is 11.8 Å². The Morgan fingerprint density at radius 1 is 1.32 bits per heavy atom. The average molecular weight is 274 g/mol. The molecule has 0 fully saturated rings. The molecule has 0 radical (unpaired) electrons. The lowest BCUT2D eigenvalue weighted by molar-refractivity contribution is 0.305. The second-order valence-corrected chi connectivity index (χ2v) is 4.30. The number of nitriles is 1. The van der Waals surface area contributed by atoms with Gasteiger partial charge in [0.2, 0.25) is 0 Å². The lowest BCUT2D eigenvalue weighted by Gasteiger charge is -2.08. The van der Waals surface area contributed by atoms with Gasteiger partial charge in [-0.2, -0.15) is 5.26 Å². The van der Waals surface area contributed by atoms with E-state index in [9.17, 15) is 0 Å². The Morgan fingerprint density at radius 2 is 2.16 bits per heavy atom. The number of rotatable bonds is 4. The molecule has 0 spiro atoms. The van der Waals surface area contributed by atoms with Crippen molar-refractivity contribution < 1.29 is 4.74 Å². The highest BCUT2D eigenvalue weighted by Crippen LogP contribution is 2.20. The predicted octanol–water partition coefficient (Wildman–Crippen LogP) is 2.64. The van der Waals surface area contributed by atoms with E-state index in [2.05, 4.69) is 4.98 Å². The van der Waals surface area contributed by atoms with Crippen LogP contribution in [0, 0.1) is 11.3 Å². The van der Waals surface area contributed by atoms with Crippen LogP contribution in [-0.4, -0.2) is 4.98 Å². The zero-order valence-electron chi connectivity index (χ0n) is 10.1. The zero-order chi connectivity index (χ0) is 13.7. The van der Waals surface area contributed by atoms with Gasteiger partial charge in [0, 0.05) is 17.1 Å². The first kappa shape index (κ1) is 13.3. The molecular weight excluding hydrogens is 262 g/mol. The van der Waals surface area contributed by atoms with Crippen molar-refractivity contribution in [2.24, 2.45) is 5.73 Å².